The van der Waals surface area contributed by atoms with Crippen LogP contribution in [0.5, 0.6) is 0 Å². The molecular formula is C21H23FN4O3S. The van der Waals surface area contributed by atoms with E-state index < -0.39 is 10.0 Å². The number of hydrogen-bond donors (Lipinski definition) is 2. The van der Waals surface area contributed by atoms with Crippen molar-refractivity contribution >= 4 is 27.3 Å². The van der Waals surface area contributed by atoms with Crippen LogP contribution in [-0.2, 0) is 16.4 Å². The molecule has 0 atom stereocenters. The number of rotatable bonds is 8. The zero-order valence-electron chi connectivity index (χ0n) is 16.7. The molecule has 0 fully saturated rings. The Bertz CT molecular complexity index is 1120. The van der Waals surface area contributed by atoms with Gasteiger partial charge in [-0.15, -0.1) is 0 Å². The van der Waals surface area contributed by atoms with Crippen molar-refractivity contribution in [1.82, 2.24) is 9.78 Å². The Hall–Kier alpha value is -3.20. The van der Waals surface area contributed by atoms with Crippen molar-refractivity contribution in [2.75, 3.05) is 15.8 Å². The predicted molar refractivity (Wildman–Crippen MR) is 115 cm³/mol. The van der Waals surface area contributed by atoms with Crippen LogP contribution in [0.2, 0.25) is 0 Å². The van der Waals surface area contributed by atoms with Gasteiger partial charge >= 0.3 is 0 Å². The maximum Gasteiger partial charge on any atom is 0.259 e. The van der Waals surface area contributed by atoms with Gasteiger partial charge in [0.25, 0.3) is 5.91 Å². The molecule has 30 heavy (non-hydrogen) atoms. The minimum absolute atomic E-state index is 0.0450. The number of carbonyl (C=O) groups excluding carboxylic acids is 1. The van der Waals surface area contributed by atoms with Gasteiger partial charge in [0.15, 0.2) is 0 Å². The summed E-state index contributed by atoms with van der Waals surface area (Å²) in [7, 11) is -3.37. The van der Waals surface area contributed by atoms with Crippen LogP contribution in [0.4, 0.5) is 15.8 Å². The normalized spacial score (nSPS) is 11.3. The molecule has 0 aliphatic rings. The van der Waals surface area contributed by atoms with Gasteiger partial charge in [-0.1, -0.05) is 13.8 Å². The van der Waals surface area contributed by atoms with Crippen molar-refractivity contribution in [3.05, 3.63) is 71.8 Å². The van der Waals surface area contributed by atoms with Crippen LogP contribution in [0.3, 0.4) is 0 Å². The van der Waals surface area contributed by atoms with E-state index in [-0.39, 0.29) is 17.5 Å². The molecule has 0 spiro atoms. The van der Waals surface area contributed by atoms with Gasteiger partial charge < -0.3 is 5.32 Å². The number of aromatic nitrogens is 2. The lowest BCUT2D eigenvalue weighted by Crippen LogP contribution is -2.16. The van der Waals surface area contributed by atoms with E-state index in [4.69, 9.17) is 0 Å². The SMILES string of the molecule is CCCS(=O)(=O)Nc1ccc(NC(=O)c2cnn(-c3ccc(F)cc3)c2CC)cc1. The number of nitrogens with zero attached hydrogens (tertiary/aromatic N) is 2. The maximum atomic E-state index is 13.2. The van der Waals surface area contributed by atoms with Gasteiger partial charge in [-0.3, -0.25) is 9.52 Å². The Morgan fingerprint density at radius 3 is 2.27 bits per heavy atom. The van der Waals surface area contributed by atoms with E-state index in [0.29, 0.717) is 41.2 Å². The van der Waals surface area contributed by atoms with E-state index in [9.17, 15) is 17.6 Å². The van der Waals surface area contributed by atoms with E-state index >= 15 is 0 Å². The van der Waals surface area contributed by atoms with Crippen LogP contribution in [0, 0.1) is 5.82 Å². The second-order valence-electron chi connectivity index (χ2n) is 6.70. The number of halogens is 1. The molecule has 2 N–H and O–H groups in total. The number of carbonyl (C=O) groups is 1. The summed E-state index contributed by atoms with van der Waals surface area (Å²) in [6, 6.07) is 12.3. The number of benzene rings is 2. The number of hydrogen-bond acceptors (Lipinski definition) is 4. The zero-order chi connectivity index (χ0) is 21.7. The predicted octanol–water partition coefficient (Wildman–Crippen LogP) is 3.98. The van der Waals surface area contributed by atoms with Crippen LogP contribution >= 0.6 is 0 Å². The summed E-state index contributed by atoms with van der Waals surface area (Å²) in [5.74, 6) is -0.634. The average molecular weight is 431 g/mol. The molecule has 9 heteroatoms. The molecule has 0 aliphatic carbocycles. The third-order valence-electron chi connectivity index (χ3n) is 4.41. The highest BCUT2D eigenvalue weighted by Crippen LogP contribution is 2.20. The lowest BCUT2D eigenvalue weighted by Gasteiger charge is -2.10. The van der Waals surface area contributed by atoms with Gasteiger partial charge in [0.1, 0.15) is 5.82 Å². The van der Waals surface area contributed by atoms with Crippen molar-refractivity contribution < 1.29 is 17.6 Å². The lowest BCUT2D eigenvalue weighted by molar-refractivity contribution is 0.102. The van der Waals surface area contributed by atoms with Crippen molar-refractivity contribution in [3.8, 4) is 5.69 Å². The second kappa shape index (κ2) is 9.08. The lowest BCUT2D eigenvalue weighted by atomic mass is 10.1. The molecule has 2 aromatic carbocycles. The monoisotopic (exact) mass is 430 g/mol. The molecule has 1 aromatic heterocycles. The standard InChI is InChI=1S/C21H23FN4O3S/c1-3-13-30(28,29)25-17-9-7-16(8-10-17)24-21(27)19-14-23-26(20(19)4-2)18-11-5-15(22)6-12-18/h5-12,14,25H,3-4,13H2,1-2H3,(H,24,27). The third-order valence-corrected chi connectivity index (χ3v) is 5.90. The molecule has 0 saturated carbocycles. The van der Waals surface area contributed by atoms with Gasteiger partial charge in [-0.2, -0.15) is 5.10 Å². The van der Waals surface area contributed by atoms with Crippen LogP contribution < -0.4 is 10.0 Å². The second-order valence-corrected chi connectivity index (χ2v) is 8.54. The fraction of sp³-hybridized carbons (Fsp3) is 0.238. The van der Waals surface area contributed by atoms with E-state index in [2.05, 4.69) is 15.1 Å². The molecule has 0 aliphatic heterocycles. The molecule has 3 aromatic rings. The molecule has 7 nitrogen and oxygen atoms in total. The third kappa shape index (κ3) is 5.04. The highest BCUT2D eigenvalue weighted by molar-refractivity contribution is 7.92. The Kier molecular flexibility index (Phi) is 6.51. The maximum absolute atomic E-state index is 13.2. The Morgan fingerprint density at radius 1 is 1.03 bits per heavy atom. The Labute approximate surface area is 175 Å². The van der Waals surface area contributed by atoms with Gasteiger partial charge in [0, 0.05) is 11.4 Å². The quantitative estimate of drug-likeness (QED) is 0.565. The summed E-state index contributed by atoms with van der Waals surface area (Å²) in [5, 5.41) is 7.07. The van der Waals surface area contributed by atoms with Gasteiger partial charge in [0.05, 0.1) is 28.9 Å². The summed E-state index contributed by atoms with van der Waals surface area (Å²) in [6.07, 6.45) is 2.55. The first-order valence-corrected chi connectivity index (χ1v) is 11.2. The van der Waals surface area contributed by atoms with Crippen molar-refractivity contribution in [2.45, 2.75) is 26.7 Å². The number of sulfonamides is 1. The molecule has 0 bridgehead atoms. The Balaban J connectivity index is 1.75. The summed E-state index contributed by atoms with van der Waals surface area (Å²) in [5.41, 5.74) is 2.73. The summed E-state index contributed by atoms with van der Waals surface area (Å²) in [6.45, 7) is 3.70. The van der Waals surface area contributed by atoms with Gasteiger partial charge in [-0.25, -0.2) is 17.5 Å². The van der Waals surface area contributed by atoms with E-state index in [0.717, 1.165) is 0 Å². The molecule has 158 valence electrons. The molecule has 1 heterocycles. The molecular weight excluding hydrogens is 407 g/mol. The molecule has 1 amide bonds. The first-order valence-electron chi connectivity index (χ1n) is 9.57. The average Bonchev–Trinajstić information content (AvgIpc) is 3.14. The van der Waals surface area contributed by atoms with Crippen LogP contribution in [0.15, 0.2) is 54.7 Å². The zero-order valence-corrected chi connectivity index (χ0v) is 17.5. The first-order chi connectivity index (χ1) is 14.3. The summed E-state index contributed by atoms with van der Waals surface area (Å²) >= 11 is 0. The van der Waals surface area contributed by atoms with E-state index in [1.165, 1.54) is 18.3 Å². The Morgan fingerprint density at radius 2 is 1.67 bits per heavy atom. The topological polar surface area (TPSA) is 93.1 Å². The number of nitrogens with one attached hydrogen (secondary N) is 2. The first kappa shape index (κ1) is 21.5. The van der Waals surface area contributed by atoms with E-state index in [1.807, 2.05) is 6.92 Å². The molecule has 0 radical (unpaired) electrons. The van der Waals surface area contributed by atoms with E-state index in [1.54, 1.807) is 48.0 Å². The van der Waals surface area contributed by atoms with Gasteiger partial charge in [0.2, 0.25) is 10.0 Å². The van der Waals surface area contributed by atoms with Crippen LogP contribution in [-0.4, -0.2) is 29.9 Å². The number of amides is 1. The van der Waals surface area contributed by atoms with Gasteiger partial charge in [-0.05, 0) is 61.4 Å². The van der Waals surface area contributed by atoms with Crippen LogP contribution in [0.25, 0.3) is 5.69 Å². The van der Waals surface area contributed by atoms with Crippen molar-refractivity contribution in [1.29, 1.82) is 0 Å². The van der Waals surface area contributed by atoms with Crippen molar-refractivity contribution in [3.63, 3.8) is 0 Å². The molecule has 0 unspecified atom stereocenters. The fourth-order valence-corrected chi connectivity index (χ4v) is 4.16. The minimum Gasteiger partial charge on any atom is -0.322 e. The summed E-state index contributed by atoms with van der Waals surface area (Å²) < 4.78 is 41.0. The highest BCUT2D eigenvalue weighted by atomic mass is 32.2. The largest absolute Gasteiger partial charge is 0.322 e. The smallest absolute Gasteiger partial charge is 0.259 e. The molecule has 3 rings (SSSR count). The fourth-order valence-electron chi connectivity index (χ4n) is 3.03. The van der Waals surface area contributed by atoms with Crippen molar-refractivity contribution in [2.24, 2.45) is 0 Å². The summed E-state index contributed by atoms with van der Waals surface area (Å²) in [4.78, 5) is 12.8. The molecule has 0 saturated heterocycles. The highest BCUT2D eigenvalue weighted by Gasteiger charge is 2.17. The number of anilines is 2. The van der Waals surface area contributed by atoms with Crippen LogP contribution in [0.1, 0.15) is 36.3 Å². The minimum atomic E-state index is -3.37.